The summed E-state index contributed by atoms with van der Waals surface area (Å²) in [4.78, 5) is 14.5. The summed E-state index contributed by atoms with van der Waals surface area (Å²) < 4.78 is 38.6. The van der Waals surface area contributed by atoms with Gasteiger partial charge in [-0.25, -0.2) is 8.42 Å². The van der Waals surface area contributed by atoms with E-state index in [1.165, 1.54) is 34.5 Å². The van der Waals surface area contributed by atoms with Crippen LogP contribution in [0.4, 0.5) is 5.69 Å². The minimum absolute atomic E-state index is 0.0109. The van der Waals surface area contributed by atoms with Crippen LogP contribution < -0.4 is 14.4 Å². The molecule has 180 valence electrons. The Kier molecular flexibility index (Phi) is 8.55. The lowest BCUT2D eigenvalue weighted by atomic mass is 10.1. The summed E-state index contributed by atoms with van der Waals surface area (Å²) in [7, 11) is 0.573. The molecule has 34 heavy (non-hydrogen) atoms. The smallest absolute Gasteiger partial charge is 0.243 e. The molecule has 0 heterocycles. The summed E-state index contributed by atoms with van der Waals surface area (Å²) in [6, 6.07) is 20.8. The van der Waals surface area contributed by atoms with Crippen molar-refractivity contribution in [1.29, 1.82) is 0 Å². The van der Waals surface area contributed by atoms with Gasteiger partial charge in [0.1, 0.15) is 11.5 Å². The second-order valence-corrected chi connectivity index (χ2v) is 9.87. The Bertz CT molecular complexity index is 1240. The van der Waals surface area contributed by atoms with Crippen molar-refractivity contribution >= 4 is 33.2 Å². The fraction of sp³-hybridized carbons (Fsp3) is 0.240. The lowest BCUT2D eigenvalue weighted by Gasteiger charge is -2.25. The van der Waals surface area contributed by atoms with Crippen LogP contribution in [0.1, 0.15) is 5.56 Å². The van der Waals surface area contributed by atoms with Gasteiger partial charge in [-0.2, -0.15) is 4.31 Å². The van der Waals surface area contributed by atoms with E-state index in [1.807, 2.05) is 30.3 Å². The van der Waals surface area contributed by atoms with E-state index in [0.717, 1.165) is 5.56 Å². The number of carbonyl (C=O) groups excluding carboxylic acids is 1. The lowest BCUT2D eigenvalue weighted by molar-refractivity contribution is -0.118. The monoisotopic (exact) mass is 502 g/mol. The number of methoxy groups -OCH3 is 2. The van der Waals surface area contributed by atoms with Crippen molar-refractivity contribution in [2.45, 2.75) is 11.3 Å². The molecule has 0 aliphatic rings. The summed E-state index contributed by atoms with van der Waals surface area (Å²) in [5.41, 5.74) is 1.56. The second kappa shape index (κ2) is 11.4. The van der Waals surface area contributed by atoms with Gasteiger partial charge in [-0.05, 0) is 42.3 Å². The number of benzene rings is 3. The summed E-state index contributed by atoms with van der Waals surface area (Å²) >= 11 is 6.18. The third kappa shape index (κ3) is 6.08. The van der Waals surface area contributed by atoms with E-state index in [9.17, 15) is 13.2 Å². The quantitative estimate of drug-likeness (QED) is 0.414. The van der Waals surface area contributed by atoms with Crippen molar-refractivity contribution in [3.8, 4) is 11.5 Å². The number of sulfonamides is 1. The third-order valence-corrected chi connectivity index (χ3v) is 7.52. The zero-order valence-corrected chi connectivity index (χ0v) is 20.8. The van der Waals surface area contributed by atoms with Gasteiger partial charge in [-0.3, -0.25) is 4.79 Å². The molecule has 0 radical (unpaired) electrons. The minimum atomic E-state index is -4.02. The van der Waals surface area contributed by atoms with E-state index in [2.05, 4.69) is 0 Å². The molecule has 0 unspecified atom stereocenters. The Hall–Kier alpha value is -3.07. The predicted molar refractivity (Wildman–Crippen MR) is 133 cm³/mol. The van der Waals surface area contributed by atoms with Crippen LogP contribution in [0.25, 0.3) is 0 Å². The average Bonchev–Trinajstić information content (AvgIpc) is 2.86. The van der Waals surface area contributed by atoms with Crippen LogP contribution in [0.5, 0.6) is 11.5 Å². The highest BCUT2D eigenvalue weighted by atomic mass is 35.5. The SMILES string of the molecule is COc1cccc(N(C)C(=O)CN(CCc2ccccc2)S(=O)(=O)c2ccc(OC)c(Cl)c2)c1. The number of nitrogens with zero attached hydrogens (tertiary/aromatic N) is 2. The highest BCUT2D eigenvalue weighted by molar-refractivity contribution is 7.89. The van der Waals surface area contributed by atoms with Gasteiger partial charge < -0.3 is 14.4 Å². The third-order valence-electron chi connectivity index (χ3n) is 5.38. The highest BCUT2D eigenvalue weighted by Crippen LogP contribution is 2.29. The van der Waals surface area contributed by atoms with E-state index in [1.54, 1.807) is 38.4 Å². The summed E-state index contributed by atoms with van der Waals surface area (Å²) in [5.74, 6) is 0.577. The van der Waals surface area contributed by atoms with Gasteiger partial charge in [0, 0.05) is 25.3 Å². The molecule has 0 fully saturated rings. The first-order valence-corrected chi connectivity index (χ1v) is 12.4. The molecule has 0 saturated carbocycles. The first-order chi connectivity index (χ1) is 16.3. The molecule has 0 bridgehead atoms. The molecular weight excluding hydrogens is 476 g/mol. The van der Waals surface area contributed by atoms with Gasteiger partial charge >= 0.3 is 0 Å². The Labute approximate surface area is 205 Å². The number of halogens is 1. The number of amides is 1. The standard InChI is InChI=1S/C25H27ClN2O5S/c1-27(20-10-7-11-21(16-20)32-2)25(29)18-28(15-14-19-8-5-4-6-9-19)34(30,31)22-12-13-24(33-3)23(26)17-22/h4-13,16-17H,14-15,18H2,1-3H3. The fourth-order valence-corrected chi connectivity index (χ4v) is 5.10. The molecular formula is C25H27ClN2O5S. The van der Waals surface area contributed by atoms with Gasteiger partial charge in [0.15, 0.2) is 0 Å². The minimum Gasteiger partial charge on any atom is -0.497 e. The van der Waals surface area contributed by atoms with Crippen LogP contribution in [-0.2, 0) is 21.2 Å². The Morgan fingerprint density at radius 1 is 0.941 bits per heavy atom. The number of ether oxygens (including phenoxy) is 2. The molecule has 0 atom stereocenters. The predicted octanol–water partition coefficient (Wildman–Crippen LogP) is 4.25. The molecule has 1 amide bonds. The first-order valence-electron chi connectivity index (χ1n) is 10.5. The Morgan fingerprint density at radius 2 is 1.68 bits per heavy atom. The largest absolute Gasteiger partial charge is 0.497 e. The van der Waals surface area contributed by atoms with Gasteiger partial charge in [0.05, 0.1) is 30.7 Å². The maximum absolute atomic E-state index is 13.5. The van der Waals surface area contributed by atoms with Gasteiger partial charge in [-0.1, -0.05) is 48.0 Å². The maximum Gasteiger partial charge on any atom is 0.243 e. The highest BCUT2D eigenvalue weighted by Gasteiger charge is 2.28. The van der Waals surface area contributed by atoms with Gasteiger partial charge in [0.2, 0.25) is 15.9 Å². The van der Waals surface area contributed by atoms with Crippen LogP contribution in [0, 0.1) is 0 Å². The number of hydrogen-bond donors (Lipinski definition) is 0. The summed E-state index contributed by atoms with van der Waals surface area (Å²) in [5, 5.41) is 0.173. The van der Waals surface area contributed by atoms with Gasteiger partial charge in [-0.15, -0.1) is 0 Å². The van der Waals surface area contributed by atoms with Crippen molar-refractivity contribution in [2.24, 2.45) is 0 Å². The molecule has 3 rings (SSSR count). The molecule has 7 nitrogen and oxygen atoms in total. The topological polar surface area (TPSA) is 76.2 Å². The van der Waals surface area contributed by atoms with Crippen molar-refractivity contribution in [3.05, 3.63) is 83.4 Å². The number of carbonyl (C=O) groups is 1. The van der Waals surface area contributed by atoms with E-state index in [4.69, 9.17) is 21.1 Å². The molecule has 3 aromatic rings. The molecule has 9 heteroatoms. The summed E-state index contributed by atoms with van der Waals surface area (Å²) in [6.07, 6.45) is 0.445. The van der Waals surface area contributed by atoms with E-state index >= 15 is 0 Å². The van der Waals surface area contributed by atoms with Crippen LogP contribution in [0.15, 0.2) is 77.7 Å². The van der Waals surface area contributed by atoms with Crippen molar-refractivity contribution in [2.75, 3.05) is 39.3 Å². The van der Waals surface area contributed by atoms with Crippen LogP contribution >= 0.6 is 11.6 Å². The molecule has 0 aliphatic carbocycles. The number of rotatable bonds is 10. The Morgan fingerprint density at radius 3 is 2.32 bits per heavy atom. The van der Waals surface area contributed by atoms with Crippen molar-refractivity contribution < 1.29 is 22.7 Å². The number of likely N-dealkylation sites (N-methyl/N-ethyl adjacent to an activating group) is 1. The molecule has 0 N–H and O–H groups in total. The molecule has 0 spiro atoms. The zero-order chi connectivity index (χ0) is 24.7. The normalized spacial score (nSPS) is 11.3. The van der Waals surface area contributed by atoms with Crippen LogP contribution in [0.3, 0.4) is 0 Å². The number of hydrogen-bond acceptors (Lipinski definition) is 5. The first kappa shape index (κ1) is 25.6. The fourth-order valence-electron chi connectivity index (χ4n) is 3.36. The molecule has 0 aliphatic heterocycles. The summed E-state index contributed by atoms with van der Waals surface area (Å²) in [6.45, 7) is -0.222. The zero-order valence-electron chi connectivity index (χ0n) is 19.3. The maximum atomic E-state index is 13.5. The second-order valence-electron chi connectivity index (χ2n) is 7.52. The number of anilines is 1. The van der Waals surface area contributed by atoms with Crippen molar-refractivity contribution in [3.63, 3.8) is 0 Å². The van der Waals surface area contributed by atoms with E-state index in [0.29, 0.717) is 23.6 Å². The van der Waals surface area contributed by atoms with Crippen LogP contribution in [-0.4, -0.2) is 53.0 Å². The molecule has 0 aromatic heterocycles. The van der Waals surface area contributed by atoms with E-state index in [-0.39, 0.29) is 28.9 Å². The van der Waals surface area contributed by atoms with E-state index < -0.39 is 10.0 Å². The molecule has 3 aromatic carbocycles. The average molecular weight is 503 g/mol. The lowest BCUT2D eigenvalue weighted by Crippen LogP contribution is -2.42. The Balaban J connectivity index is 1.89. The van der Waals surface area contributed by atoms with Crippen molar-refractivity contribution in [1.82, 2.24) is 4.31 Å². The van der Waals surface area contributed by atoms with Gasteiger partial charge in [0.25, 0.3) is 0 Å². The molecule has 0 saturated heterocycles. The van der Waals surface area contributed by atoms with Crippen LogP contribution in [0.2, 0.25) is 5.02 Å².